The Morgan fingerprint density at radius 3 is 2.33 bits per heavy atom. The minimum Gasteiger partial charge on any atom is -0.329 e. The summed E-state index contributed by atoms with van der Waals surface area (Å²) in [5, 5.41) is 0. The summed E-state index contributed by atoms with van der Waals surface area (Å²) in [4.78, 5) is 2.70. The molecule has 0 spiro atoms. The van der Waals surface area contributed by atoms with E-state index in [2.05, 4.69) is 18.7 Å². The van der Waals surface area contributed by atoms with E-state index in [4.69, 9.17) is 5.73 Å². The molecule has 2 nitrogen and oxygen atoms in total. The molecule has 15 heavy (non-hydrogen) atoms. The van der Waals surface area contributed by atoms with E-state index in [1.54, 1.807) is 0 Å². The molecule has 0 aliphatic heterocycles. The normalized spacial score (nSPS) is 25.6. The fourth-order valence-electron chi connectivity index (χ4n) is 2.70. The van der Waals surface area contributed by atoms with Crippen LogP contribution in [-0.2, 0) is 0 Å². The van der Waals surface area contributed by atoms with Gasteiger partial charge in [-0.05, 0) is 57.4 Å². The molecule has 2 aliphatic carbocycles. The van der Waals surface area contributed by atoms with Crippen molar-refractivity contribution in [3.05, 3.63) is 0 Å². The summed E-state index contributed by atoms with van der Waals surface area (Å²) >= 11 is 0. The predicted octanol–water partition coefficient (Wildman–Crippen LogP) is 2.24. The summed E-state index contributed by atoms with van der Waals surface area (Å²) in [5.41, 5.74) is 6.34. The van der Waals surface area contributed by atoms with Crippen LogP contribution in [0.2, 0.25) is 0 Å². The van der Waals surface area contributed by atoms with Crippen molar-refractivity contribution < 1.29 is 0 Å². The molecule has 2 saturated carbocycles. The molecule has 2 heteroatoms. The van der Waals surface area contributed by atoms with Crippen molar-refractivity contribution >= 4 is 0 Å². The number of hydrogen-bond donors (Lipinski definition) is 1. The highest BCUT2D eigenvalue weighted by Gasteiger charge is 2.45. The van der Waals surface area contributed by atoms with Crippen LogP contribution in [0.3, 0.4) is 0 Å². The van der Waals surface area contributed by atoms with Gasteiger partial charge in [0.2, 0.25) is 0 Å². The van der Waals surface area contributed by atoms with Crippen LogP contribution in [0.15, 0.2) is 0 Å². The Morgan fingerprint density at radius 2 is 1.93 bits per heavy atom. The lowest BCUT2D eigenvalue weighted by Crippen LogP contribution is -2.54. The lowest BCUT2D eigenvalue weighted by Gasteiger charge is -2.41. The van der Waals surface area contributed by atoms with Crippen LogP contribution in [0, 0.1) is 11.8 Å². The second kappa shape index (κ2) is 4.42. The zero-order chi connectivity index (χ0) is 10.9. The highest BCUT2D eigenvalue weighted by molar-refractivity contribution is 5.01. The molecular weight excluding hydrogens is 184 g/mol. The molecule has 0 bridgehead atoms. The summed E-state index contributed by atoms with van der Waals surface area (Å²) in [5.74, 6) is 1.87. The third-order valence-corrected chi connectivity index (χ3v) is 4.26. The van der Waals surface area contributed by atoms with Crippen LogP contribution in [0.5, 0.6) is 0 Å². The number of hydrogen-bond acceptors (Lipinski definition) is 2. The highest BCUT2D eigenvalue weighted by atomic mass is 15.2. The van der Waals surface area contributed by atoms with Crippen molar-refractivity contribution in [2.45, 2.75) is 51.5 Å². The molecule has 2 aliphatic rings. The van der Waals surface area contributed by atoms with E-state index >= 15 is 0 Å². The van der Waals surface area contributed by atoms with Crippen molar-refractivity contribution in [3.63, 3.8) is 0 Å². The second-order valence-electron chi connectivity index (χ2n) is 5.72. The molecule has 2 fully saturated rings. The molecule has 0 aromatic carbocycles. The van der Waals surface area contributed by atoms with E-state index in [1.165, 1.54) is 45.2 Å². The quantitative estimate of drug-likeness (QED) is 0.698. The first kappa shape index (κ1) is 11.4. The van der Waals surface area contributed by atoms with Gasteiger partial charge in [0.1, 0.15) is 0 Å². The van der Waals surface area contributed by atoms with E-state index in [9.17, 15) is 0 Å². The van der Waals surface area contributed by atoms with Gasteiger partial charge in [0, 0.05) is 18.6 Å². The standard InChI is InChI=1S/C13H26N2/c1-3-8-15(9-11-4-5-11)13(2,10-14)12-6-7-12/h11-12H,3-10,14H2,1-2H3. The van der Waals surface area contributed by atoms with Crippen LogP contribution >= 0.6 is 0 Å². The van der Waals surface area contributed by atoms with Crippen molar-refractivity contribution in [2.24, 2.45) is 17.6 Å². The van der Waals surface area contributed by atoms with Crippen LogP contribution in [0.1, 0.15) is 46.0 Å². The van der Waals surface area contributed by atoms with Crippen LogP contribution in [0.4, 0.5) is 0 Å². The molecule has 2 rings (SSSR count). The molecule has 1 unspecified atom stereocenters. The Balaban J connectivity index is 1.98. The lowest BCUT2D eigenvalue weighted by molar-refractivity contribution is 0.0835. The minimum atomic E-state index is 0.304. The molecule has 0 saturated heterocycles. The van der Waals surface area contributed by atoms with Crippen molar-refractivity contribution in [2.75, 3.05) is 19.6 Å². The number of rotatable bonds is 7. The zero-order valence-corrected chi connectivity index (χ0v) is 10.3. The fourth-order valence-corrected chi connectivity index (χ4v) is 2.70. The first-order valence-electron chi connectivity index (χ1n) is 6.65. The number of nitrogens with zero attached hydrogens (tertiary/aromatic N) is 1. The van der Waals surface area contributed by atoms with Crippen molar-refractivity contribution in [1.82, 2.24) is 4.90 Å². The molecule has 0 aromatic heterocycles. The maximum absolute atomic E-state index is 6.03. The molecule has 0 heterocycles. The minimum absolute atomic E-state index is 0.304. The van der Waals surface area contributed by atoms with Crippen molar-refractivity contribution in [1.29, 1.82) is 0 Å². The Hall–Kier alpha value is -0.0800. The van der Waals surface area contributed by atoms with Gasteiger partial charge in [-0.25, -0.2) is 0 Å². The average Bonchev–Trinajstić information content (AvgIpc) is 3.06. The molecular formula is C13H26N2. The van der Waals surface area contributed by atoms with Gasteiger partial charge in [-0.3, -0.25) is 4.90 Å². The van der Waals surface area contributed by atoms with Crippen LogP contribution in [0.25, 0.3) is 0 Å². The van der Waals surface area contributed by atoms with Crippen LogP contribution in [-0.4, -0.2) is 30.1 Å². The Morgan fingerprint density at radius 1 is 1.27 bits per heavy atom. The molecule has 0 amide bonds. The summed E-state index contributed by atoms with van der Waals surface area (Å²) < 4.78 is 0. The smallest absolute Gasteiger partial charge is 0.0331 e. The van der Waals surface area contributed by atoms with Gasteiger partial charge >= 0.3 is 0 Å². The molecule has 1 atom stereocenters. The van der Waals surface area contributed by atoms with Crippen molar-refractivity contribution in [3.8, 4) is 0 Å². The topological polar surface area (TPSA) is 29.3 Å². The van der Waals surface area contributed by atoms with Gasteiger partial charge in [-0.15, -0.1) is 0 Å². The largest absolute Gasteiger partial charge is 0.329 e. The van der Waals surface area contributed by atoms with E-state index < -0.39 is 0 Å². The summed E-state index contributed by atoms with van der Waals surface area (Å²) in [6, 6.07) is 0. The van der Waals surface area contributed by atoms with Gasteiger partial charge in [0.05, 0.1) is 0 Å². The summed E-state index contributed by atoms with van der Waals surface area (Å²) in [7, 11) is 0. The fraction of sp³-hybridized carbons (Fsp3) is 1.00. The Kier molecular flexibility index (Phi) is 3.36. The first-order chi connectivity index (χ1) is 7.20. The van der Waals surface area contributed by atoms with Gasteiger partial charge in [0.15, 0.2) is 0 Å². The summed E-state index contributed by atoms with van der Waals surface area (Å²) in [6.07, 6.45) is 6.96. The summed E-state index contributed by atoms with van der Waals surface area (Å²) in [6.45, 7) is 8.05. The highest BCUT2D eigenvalue weighted by Crippen LogP contribution is 2.44. The lowest BCUT2D eigenvalue weighted by atomic mass is 9.92. The van der Waals surface area contributed by atoms with E-state index in [0.29, 0.717) is 5.54 Å². The SMILES string of the molecule is CCCN(CC1CC1)C(C)(CN)C1CC1. The second-order valence-corrected chi connectivity index (χ2v) is 5.72. The molecule has 2 N–H and O–H groups in total. The Bertz CT molecular complexity index is 209. The molecule has 0 radical (unpaired) electrons. The van der Waals surface area contributed by atoms with E-state index in [0.717, 1.165) is 18.4 Å². The molecule has 0 aromatic rings. The monoisotopic (exact) mass is 210 g/mol. The van der Waals surface area contributed by atoms with Gasteiger partial charge in [-0.1, -0.05) is 6.92 Å². The maximum Gasteiger partial charge on any atom is 0.0331 e. The van der Waals surface area contributed by atoms with E-state index in [1.807, 2.05) is 0 Å². The van der Waals surface area contributed by atoms with Gasteiger partial charge < -0.3 is 5.73 Å². The molecule has 88 valence electrons. The van der Waals surface area contributed by atoms with Crippen LogP contribution < -0.4 is 5.73 Å². The average molecular weight is 210 g/mol. The maximum atomic E-state index is 6.03. The van der Waals surface area contributed by atoms with E-state index in [-0.39, 0.29) is 0 Å². The third kappa shape index (κ3) is 2.54. The van der Waals surface area contributed by atoms with Gasteiger partial charge in [-0.2, -0.15) is 0 Å². The predicted molar refractivity (Wildman–Crippen MR) is 64.8 cm³/mol. The van der Waals surface area contributed by atoms with Gasteiger partial charge in [0.25, 0.3) is 0 Å². The Labute approximate surface area is 94.2 Å². The number of nitrogens with two attached hydrogens (primary N) is 1. The first-order valence-corrected chi connectivity index (χ1v) is 6.65. The third-order valence-electron chi connectivity index (χ3n) is 4.26. The zero-order valence-electron chi connectivity index (χ0n) is 10.3.